The molecule has 0 aliphatic carbocycles. The summed E-state index contributed by atoms with van der Waals surface area (Å²) in [5.41, 5.74) is 1.52. The molecule has 98 valence electrons. The summed E-state index contributed by atoms with van der Waals surface area (Å²) in [7, 11) is 0. The Bertz CT molecular complexity index is 582. The Balaban J connectivity index is 2.09. The first-order chi connectivity index (χ1) is 8.58. The minimum absolute atomic E-state index is 0.0180. The number of aromatic nitrogens is 3. The molecule has 0 spiro atoms. The summed E-state index contributed by atoms with van der Waals surface area (Å²) in [4.78, 5) is 12.1. The maximum Gasteiger partial charge on any atom is 0.276 e. The van der Waals surface area contributed by atoms with Crippen LogP contribution in [0.1, 0.15) is 19.5 Å². The van der Waals surface area contributed by atoms with E-state index in [4.69, 9.17) is 0 Å². The molecule has 0 aliphatic rings. The first-order valence-corrected chi connectivity index (χ1v) is 6.34. The Hall–Kier alpha value is -1.62. The van der Waals surface area contributed by atoms with E-state index in [0.717, 1.165) is 18.8 Å². The molecule has 0 saturated heterocycles. The van der Waals surface area contributed by atoms with E-state index >= 15 is 0 Å². The first kappa shape index (κ1) is 12.8. The van der Waals surface area contributed by atoms with Crippen LogP contribution in [0.5, 0.6) is 0 Å². The van der Waals surface area contributed by atoms with Crippen molar-refractivity contribution in [1.82, 2.24) is 19.5 Å². The van der Waals surface area contributed by atoms with Gasteiger partial charge >= 0.3 is 0 Å². The van der Waals surface area contributed by atoms with Gasteiger partial charge in [-0.1, -0.05) is 13.8 Å². The Morgan fingerprint density at radius 1 is 1.39 bits per heavy atom. The van der Waals surface area contributed by atoms with Gasteiger partial charge in [0, 0.05) is 25.5 Å². The third-order valence-electron chi connectivity index (χ3n) is 2.81. The lowest BCUT2D eigenvalue weighted by molar-refractivity contribution is 0.519. The molecule has 0 radical (unpaired) electrons. The van der Waals surface area contributed by atoms with Crippen molar-refractivity contribution >= 4 is 5.52 Å². The van der Waals surface area contributed by atoms with Crippen LogP contribution in [0.15, 0.2) is 23.3 Å². The molecular weight excluding hydrogens is 228 g/mol. The van der Waals surface area contributed by atoms with Crippen molar-refractivity contribution in [3.63, 3.8) is 0 Å². The van der Waals surface area contributed by atoms with Crippen molar-refractivity contribution in [3.8, 4) is 0 Å². The number of rotatable bonds is 5. The monoisotopic (exact) mass is 248 g/mol. The molecule has 18 heavy (non-hydrogen) atoms. The molecule has 1 N–H and O–H groups in total. The van der Waals surface area contributed by atoms with E-state index in [9.17, 15) is 4.79 Å². The van der Waals surface area contributed by atoms with E-state index in [2.05, 4.69) is 24.3 Å². The van der Waals surface area contributed by atoms with E-state index in [1.54, 1.807) is 15.3 Å². The molecule has 0 saturated carbocycles. The second kappa shape index (κ2) is 5.35. The molecule has 0 aromatic carbocycles. The van der Waals surface area contributed by atoms with Crippen molar-refractivity contribution in [1.29, 1.82) is 0 Å². The molecule has 0 unspecified atom stereocenters. The minimum atomic E-state index is 0.0180. The molecule has 5 nitrogen and oxygen atoms in total. The molecule has 0 aliphatic heterocycles. The lowest BCUT2D eigenvalue weighted by Crippen LogP contribution is -2.29. The van der Waals surface area contributed by atoms with E-state index in [1.165, 1.54) is 0 Å². The molecular formula is C13H20N4O. The summed E-state index contributed by atoms with van der Waals surface area (Å²) in [5.74, 6) is 0.627. The highest BCUT2D eigenvalue weighted by Gasteiger charge is 2.04. The predicted octanol–water partition coefficient (Wildman–Crippen LogP) is 1.05. The number of aryl methyl sites for hydroxylation is 1. The van der Waals surface area contributed by atoms with Crippen molar-refractivity contribution in [2.75, 3.05) is 13.1 Å². The van der Waals surface area contributed by atoms with Crippen LogP contribution < -0.4 is 10.9 Å². The SMILES string of the molecule is Cc1cc2c(=O)n(CCNCC(C)C)ccn2n1. The van der Waals surface area contributed by atoms with Gasteiger partial charge < -0.3 is 9.88 Å². The number of fused-ring (bicyclic) bond motifs is 1. The van der Waals surface area contributed by atoms with Crippen LogP contribution in [-0.4, -0.2) is 27.3 Å². The van der Waals surface area contributed by atoms with Crippen molar-refractivity contribution in [2.24, 2.45) is 5.92 Å². The quantitative estimate of drug-likeness (QED) is 0.805. The number of nitrogens with one attached hydrogen (secondary N) is 1. The summed E-state index contributed by atoms with van der Waals surface area (Å²) >= 11 is 0. The number of nitrogens with zero attached hydrogens (tertiary/aromatic N) is 3. The van der Waals surface area contributed by atoms with E-state index in [-0.39, 0.29) is 5.56 Å². The molecule has 5 heteroatoms. The van der Waals surface area contributed by atoms with Gasteiger partial charge in [0.1, 0.15) is 5.52 Å². The second-order valence-corrected chi connectivity index (χ2v) is 5.01. The summed E-state index contributed by atoms with van der Waals surface area (Å²) in [6.45, 7) is 8.69. The Morgan fingerprint density at radius 2 is 2.17 bits per heavy atom. The van der Waals surface area contributed by atoms with Gasteiger partial charge in [-0.2, -0.15) is 5.10 Å². The van der Waals surface area contributed by atoms with Crippen molar-refractivity contribution < 1.29 is 0 Å². The highest BCUT2D eigenvalue weighted by Crippen LogP contribution is 1.99. The summed E-state index contributed by atoms with van der Waals surface area (Å²) in [6, 6.07) is 1.82. The van der Waals surface area contributed by atoms with Crippen LogP contribution in [0.4, 0.5) is 0 Å². The molecule has 0 amide bonds. The first-order valence-electron chi connectivity index (χ1n) is 6.34. The average Bonchev–Trinajstić information content (AvgIpc) is 2.68. The minimum Gasteiger partial charge on any atom is -0.315 e. The molecule has 2 aromatic heterocycles. The number of hydrogen-bond acceptors (Lipinski definition) is 3. The molecule has 2 aromatic rings. The third-order valence-corrected chi connectivity index (χ3v) is 2.81. The normalized spacial score (nSPS) is 11.6. The predicted molar refractivity (Wildman–Crippen MR) is 71.9 cm³/mol. The van der Waals surface area contributed by atoms with Crippen LogP contribution in [0, 0.1) is 12.8 Å². The van der Waals surface area contributed by atoms with Gasteiger partial charge in [0.2, 0.25) is 0 Å². The largest absolute Gasteiger partial charge is 0.315 e. The van der Waals surface area contributed by atoms with Crippen molar-refractivity contribution in [2.45, 2.75) is 27.3 Å². The smallest absolute Gasteiger partial charge is 0.276 e. The van der Waals surface area contributed by atoms with Crippen LogP contribution in [0.3, 0.4) is 0 Å². The van der Waals surface area contributed by atoms with Gasteiger partial charge in [-0.3, -0.25) is 4.79 Å². The van der Waals surface area contributed by atoms with Crippen LogP contribution in [0.2, 0.25) is 0 Å². The fraction of sp³-hybridized carbons (Fsp3) is 0.538. The van der Waals surface area contributed by atoms with Gasteiger partial charge in [0.25, 0.3) is 5.56 Å². The zero-order valence-electron chi connectivity index (χ0n) is 11.2. The molecule has 0 fully saturated rings. The van der Waals surface area contributed by atoms with Crippen LogP contribution in [-0.2, 0) is 6.54 Å². The lowest BCUT2D eigenvalue weighted by atomic mass is 10.2. The zero-order chi connectivity index (χ0) is 13.1. The van der Waals surface area contributed by atoms with Gasteiger partial charge in [-0.15, -0.1) is 0 Å². The Morgan fingerprint density at radius 3 is 2.89 bits per heavy atom. The zero-order valence-corrected chi connectivity index (χ0v) is 11.2. The maximum absolute atomic E-state index is 12.1. The van der Waals surface area contributed by atoms with Gasteiger partial charge in [-0.25, -0.2) is 4.52 Å². The summed E-state index contributed by atoms with van der Waals surface area (Å²) < 4.78 is 3.36. The van der Waals surface area contributed by atoms with E-state index in [1.807, 2.05) is 19.2 Å². The second-order valence-electron chi connectivity index (χ2n) is 5.01. The van der Waals surface area contributed by atoms with E-state index < -0.39 is 0 Å². The van der Waals surface area contributed by atoms with Gasteiger partial charge in [-0.05, 0) is 25.5 Å². The van der Waals surface area contributed by atoms with E-state index in [0.29, 0.717) is 18.0 Å². The van der Waals surface area contributed by atoms with Crippen LogP contribution >= 0.6 is 0 Å². The fourth-order valence-electron chi connectivity index (χ4n) is 1.91. The lowest BCUT2D eigenvalue weighted by Gasteiger charge is -2.09. The molecule has 0 atom stereocenters. The van der Waals surface area contributed by atoms with Crippen molar-refractivity contribution in [3.05, 3.63) is 34.5 Å². The maximum atomic E-state index is 12.1. The van der Waals surface area contributed by atoms with Gasteiger partial charge in [0.15, 0.2) is 0 Å². The fourth-order valence-corrected chi connectivity index (χ4v) is 1.91. The van der Waals surface area contributed by atoms with Gasteiger partial charge in [0.05, 0.1) is 5.69 Å². The standard InChI is InChI=1S/C13H20N4O/c1-10(2)9-14-4-5-16-6-7-17-12(13(16)18)8-11(3)15-17/h6-8,10,14H,4-5,9H2,1-3H3. The Kier molecular flexibility index (Phi) is 3.81. The molecule has 2 rings (SSSR count). The highest BCUT2D eigenvalue weighted by atomic mass is 16.1. The summed E-state index contributed by atoms with van der Waals surface area (Å²) in [6.07, 6.45) is 3.62. The Labute approximate surface area is 106 Å². The molecule has 2 heterocycles. The van der Waals surface area contributed by atoms with Crippen LogP contribution in [0.25, 0.3) is 5.52 Å². The summed E-state index contributed by atoms with van der Waals surface area (Å²) in [5, 5.41) is 7.55. The highest BCUT2D eigenvalue weighted by molar-refractivity contribution is 5.44. The number of hydrogen-bond donors (Lipinski definition) is 1. The topological polar surface area (TPSA) is 51.3 Å². The third kappa shape index (κ3) is 2.79. The average molecular weight is 248 g/mol. The molecule has 0 bridgehead atoms.